The standard InChI is InChI=1S/C19H21N3O3/c1-23-16-9-8-15(12-17(16)24-2)19-21-18(25-22-19)10-11-20-13-14-6-4-3-5-7-14/h3-9,12,20H,10-11,13H2,1-2H3. The smallest absolute Gasteiger partial charge is 0.228 e. The molecule has 2 aromatic carbocycles. The van der Waals surface area contributed by atoms with Gasteiger partial charge in [-0.3, -0.25) is 0 Å². The van der Waals surface area contributed by atoms with Crippen molar-refractivity contribution in [2.75, 3.05) is 20.8 Å². The van der Waals surface area contributed by atoms with Crippen LogP contribution in [0.25, 0.3) is 11.4 Å². The Morgan fingerprint density at radius 2 is 1.80 bits per heavy atom. The molecule has 0 radical (unpaired) electrons. The van der Waals surface area contributed by atoms with Gasteiger partial charge in [0.2, 0.25) is 11.7 Å². The van der Waals surface area contributed by atoms with Gasteiger partial charge < -0.3 is 19.3 Å². The summed E-state index contributed by atoms with van der Waals surface area (Å²) in [5.74, 6) is 2.44. The van der Waals surface area contributed by atoms with Gasteiger partial charge in [-0.15, -0.1) is 0 Å². The Morgan fingerprint density at radius 1 is 1.00 bits per heavy atom. The van der Waals surface area contributed by atoms with Crippen LogP contribution in [-0.2, 0) is 13.0 Å². The molecule has 0 saturated heterocycles. The van der Waals surface area contributed by atoms with E-state index in [4.69, 9.17) is 14.0 Å². The molecule has 0 amide bonds. The number of nitrogens with one attached hydrogen (secondary N) is 1. The van der Waals surface area contributed by atoms with Crippen molar-refractivity contribution in [3.8, 4) is 22.9 Å². The van der Waals surface area contributed by atoms with Gasteiger partial charge in [0.15, 0.2) is 11.5 Å². The van der Waals surface area contributed by atoms with Crippen LogP contribution < -0.4 is 14.8 Å². The van der Waals surface area contributed by atoms with Crippen molar-refractivity contribution in [1.82, 2.24) is 15.5 Å². The molecule has 0 aliphatic carbocycles. The van der Waals surface area contributed by atoms with Gasteiger partial charge in [0.05, 0.1) is 14.2 Å². The first kappa shape index (κ1) is 17.0. The molecular formula is C19H21N3O3. The Morgan fingerprint density at radius 3 is 2.56 bits per heavy atom. The quantitative estimate of drug-likeness (QED) is 0.636. The molecule has 6 nitrogen and oxygen atoms in total. The molecule has 0 aliphatic heterocycles. The lowest BCUT2D eigenvalue weighted by Gasteiger charge is -2.07. The zero-order valence-electron chi connectivity index (χ0n) is 14.4. The average molecular weight is 339 g/mol. The van der Waals surface area contributed by atoms with E-state index in [0.717, 1.165) is 18.7 Å². The fourth-order valence-electron chi connectivity index (χ4n) is 2.47. The minimum absolute atomic E-state index is 0.541. The van der Waals surface area contributed by atoms with Gasteiger partial charge >= 0.3 is 0 Å². The van der Waals surface area contributed by atoms with Crippen molar-refractivity contribution >= 4 is 0 Å². The fraction of sp³-hybridized carbons (Fsp3) is 0.263. The molecule has 130 valence electrons. The number of ether oxygens (including phenoxy) is 2. The zero-order chi connectivity index (χ0) is 17.5. The van der Waals surface area contributed by atoms with Crippen molar-refractivity contribution < 1.29 is 14.0 Å². The summed E-state index contributed by atoms with van der Waals surface area (Å²) in [7, 11) is 3.20. The summed E-state index contributed by atoms with van der Waals surface area (Å²) >= 11 is 0. The predicted octanol–water partition coefficient (Wildman–Crippen LogP) is 3.09. The van der Waals surface area contributed by atoms with Crippen LogP contribution in [0.15, 0.2) is 53.1 Å². The summed E-state index contributed by atoms with van der Waals surface area (Å²) in [4.78, 5) is 4.44. The van der Waals surface area contributed by atoms with Gasteiger partial charge in [-0.25, -0.2) is 0 Å². The van der Waals surface area contributed by atoms with Gasteiger partial charge in [0.25, 0.3) is 0 Å². The largest absolute Gasteiger partial charge is 0.493 e. The van der Waals surface area contributed by atoms with E-state index in [0.29, 0.717) is 29.6 Å². The fourth-order valence-corrected chi connectivity index (χ4v) is 2.47. The Bertz CT molecular complexity index is 803. The second-order valence-electron chi connectivity index (χ2n) is 5.49. The van der Waals surface area contributed by atoms with E-state index < -0.39 is 0 Å². The highest BCUT2D eigenvalue weighted by molar-refractivity contribution is 5.60. The van der Waals surface area contributed by atoms with Gasteiger partial charge in [-0.05, 0) is 23.8 Å². The molecule has 0 fully saturated rings. The molecule has 0 aliphatic rings. The van der Waals surface area contributed by atoms with E-state index in [2.05, 4.69) is 27.6 Å². The monoisotopic (exact) mass is 339 g/mol. The molecule has 0 bridgehead atoms. The molecule has 25 heavy (non-hydrogen) atoms. The van der Waals surface area contributed by atoms with E-state index in [1.807, 2.05) is 36.4 Å². The van der Waals surface area contributed by atoms with Gasteiger partial charge in [0.1, 0.15) is 0 Å². The molecule has 1 aromatic heterocycles. The van der Waals surface area contributed by atoms with Crippen LogP contribution in [0.2, 0.25) is 0 Å². The summed E-state index contributed by atoms with van der Waals surface area (Å²) < 4.78 is 15.9. The maximum atomic E-state index is 5.33. The van der Waals surface area contributed by atoms with E-state index >= 15 is 0 Å². The first-order chi connectivity index (χ1) is 12.3. The molecule has 1 heterocycles. The van der Waals surface area contributed by atoms with Crippen molar-refractivity contribution in [2.45, 2.75) is 13.0 Å². The highest BCUT2D eigenvalue weighted by atomic mass is 16.5. The molecule has 0 atom stereocenters. The predicted molar refractivity (Wildman–Crippen MR) is 94.7 cm³/mol. The molecule has 3 rings (SSSR count). The molecule has 3 aromatic rings. The minimum atomic E-state index is 0.541. The van der Waals surface area contributed by atoms with Crippen LogP contribution in [0.5, 0.6) is 11.5 Å². The number of hydrogen-bond acceptors (Lipinski definition) is 6. The molecule has 6 heteroatoms. The normalized spacial score (nSPS) is 10.6. The maximum Gasteiger partial charge on any atom is 0.228 e. The van der Waals surface area contributed by atoms with Gasteiger partial charge in [0, 0.05) is 25.1 Å². The van der Waals surface area contributed by atoms with Gasteiger partial charge in [-0.2, -0.15) is 4.98 Å². The van der Waals surface area contributed by atoms with Crippen molar-refractivity contribution in [3.63, 3.8) is 0 Å². The summed E-state index contributed by atoms with van der Waals surface area (Å²) in [6.07, 6.45) is 0.674. The number of rotatable bonds is 8. The molecule has 0 spiro atoms. The highest BCUT2D eigenvalue weighted by Gasteiger charge is 2.12. The lowest BCUT2D eigenvalue weighted by Crippen LogP contribution is -2.16. The van der Waals surface area contributed by atoms with Crippen LogP contribution in [-0.4, -0.2) is 30.9 Å². The molecule has 0 unspecified atom stereocenters. The summed E-state index contributed by atoms with van der Waals surface area (Å²) in [6.45, 7) is 1.58. The van der Waals surface area contributed by atoms with Crippen LogP contribution in [0.1, 0.15) is 11.5 Å². The van der Waals surface area contributed by atoms with Crippen LogP contribution in [0.3, 0.4) is 0 Å². The van der Waals surface area contributed by atoms with Crippen LogP contribution in [0.4, 0.5) is 0 Å². The Balaban J connectivity index is 1.57. The summed E-state index contributed by atoms with van der Waals surface area (Å²) in [5, 5.41) is 7.41. The SMILES string of the molecule is COc1ccc(-c2noc(CCNCc3ccccc3)n2)cc1OC. The van der Waals surface area contributed by atoms with E-state index in [9.17, 15) is 0 Å². The van der Waals surface area contributed by atoms with Crippen molar-refractivity contribution in [1.29, 1.82) is 0 Å². The molecule has 0 saturated carbocycles. The Labute approximate surface area is 146 Å². The first-order valence-corrected chi connectivity index (χ1v) is 8.10. The average Bonchev–Trinajstić information content (AvgIpc) is 3.14. The topological polar surface area (TPSA) is 69.4 Å². The first-order valence-electron chi connectivity index (χ1n) is 8.10. The van der Waals surface area contributed by atoms with Crippen LogP contribution >= 0.6 is 0 Å². The number of aromatic nitrogens is 2. The summed E-state index contributed by atoms with van der Waals surface area (Å²) in [5.41, 5.74) is 2.07. The number of methoxy groups -OCH3 is 2. The lowest BCUT2D eigenvalue weighted by molar-refractivity contribution is 0.355. The van der Waals surface area contributed by atoms with E-state index in [1.165, 1.54) is 5.56 Å². The summed E-state index contributed by atoms with van der Waals surface area (Å²) in [6, 6.07) is 15.8. The lowest BCUT2D eigenvalue weighted by atomic mass is 10.2. The van der Waals surface area contributed by atoms with Crippen LogP contribution in [0, 0.1) is 0 Å². The minimum Gasteiger partial charge on any atom is -0.493 e. The van der Waals surface area contributed by atoms with E-state index in [1.54, 1.807) is 14.2 Å². The number of benzene rings is 2. The zero-order valence-corrected chi connectivity index (χ0v) is 14.4. The van der Waals surface area contributed by atoms with E-state index in [-0.39, 0.29) is 0 Å². The third kappa shape index (κ3) is 4.36. The Kier molecular flexibility index (Phi) is 5.64. The molecular weight excluding hydrogens is 318 g/mol. The highest BCUT2D eigenvalue weighted by Crippen LogP contribution is 2.31. The van der Waals surface area contributed by atoms with Crippen molar-refractivity contribution in [2.24, 2.45) is 0 Å². The maximum absolute atomic E-state index is 5.33. The third-order valence-corrected chi connectivity index (χ3v) is 3.80. The Hall–Kier alpha value is -2.86. The number of hydrogen-bond donors (Lipinski definition) is 1. The molecule has 1 N–H and O–H groups in total. The second-order valence-corrected chi connectivity index (χ2v) is 5.49. The number of nitrogens with zero attached hydrogens (tertiary/aromatic N) is 2. The third-order valence-electron chi connectivity index (χ3n) is 3.80. The second kappa shape index (κ2) is 8.30. The van der Waals surface area contributed by atoms with Gasteiger partial charge in [-0.1, -0.05) is 35.5 Å². The van der Waals surface area contributed by atoms with Crippen molar-refractivity contribution in [3.05, 3.63) is 60.0 Å².